The number of aryl methyl sites for hydroxylation is 2. The van der Waals surface area contributed by atoms with Gasteiger partial charge in [-0.3, -0.25) is 0 Å². The molecule has 0 aromatic heterocycles. The normalized spacial score (nSPS) is 21.2. The summed E-state index contributed by atoms with van der Waals surface area (Å²) in [5.74, 6) is 0. The van der Waals surface area contributed by atoms with E-state index in [1.54, 1.807) is 0 Å². The van der Waals surface area contributed by atoms with Gasteiger partial charge in [-0.15, -0.1) is 0 Å². The SMILES string of the molecule is Cc1cccc(C2=CC=CCC2(C)c2ccccc2C)c1. The quantitative estimate of drug-likeness (QED) is 0.668. The Bertz CT molecular complexity index is 718. The molecule has 0 heteroatoms. The van der Waals surface area contributed by atoms with Crippen LogP contribution < -0.4 is 0 Å². The summed E-state index contributed by atoms with van der Waals surface area (Å²) in [4.78, 5) is 0. The van der Waals surface area contributed by atoms with Crippen molar-refractivity contribution in [3.8, 4) is 0 Å². The van der Waals surface area contributed by atoms with Crippen LogP contribution in [0.25, 0.3) is 5.57 Å². The third-order valence-corrected chi connectivity index (χ3v) is 4.59. The number of benzene rings is 2. The van der Waals surface area contributed by atoms with E-state index in [4.69, 9.17) is 0 Å². The molecule has 0 nitrogen and oxygen atoms in total. The summed E-state index contributed by atoms with van der Waals surface area (Å²) in [5, 5.41) is 0. The summed E-state index contributed by atoms with van der Waals surface area (Å²) < 4.78 is 0. The zero-order valence-corrected chi connectivity index (χ0v) is 13.1. The van der Waals surface area contributed by atoms with Gasteiger partial charge in [0.15, 0.2) is 0 Å². The molecule has 0 bridgehead atoms. The second kappa shape index (κ2) is 5.37. The summed E-state index contributed by atoms with van der Waals surface area (Å²) >= 11 is 0. The van der Waals surface area contributed by atoms with E-state index >= 15 is 0 Å². The molecular formula is C21H22. The van der Waals surface area contributed by atoms with E-state index in [0.29, 0.717) is 0 Å². The Kier molecular flexibility index (Phi) is 3.55. The topological polar surface area (TPSA) is 0 Å². The van der Waals surface area contributed by atoms with Gasteiger partial charge < -0.3 is 0 Å². The molecule has 0 saturated carbocycles. The lowest BCUT2D eigenvalue weighted by Crippen LogP contribution is -2.26. The Hall–Kier alpha value is -2.08. The maximum atomic E-state index is 2.37. The third-order valence-electron chi connectivity index (χ3n) is 4.59. The van der Waals surface area contributed by atoms with Crippen molar-refractivity contribution < 1.29 is 0 Å². The highest BCUT2D eigenvalue weighted by atomic mass is 14.4. The third kappa shape index (κ3) is 2.47. The summed E-state index contributed by atoms with van der Waals surface area (Å²) in [6, 6.07) is 17.6. The Morgan fingerprint density at radius 1 is 0.952 bits per heavy atom. The largest absolute Gasteiger partial charge is 0.0833 e. The molecule has 0 spiro atoms. The molecule has 21 heavy (non-hydrogen) atoms. The Morgan fingerprint density at radius 3 is 2.52 bits per heavy atom. The predicted molar refractivity (Wildman–Crippen MR) is 91.4 cm³/mol. The Balaban J connectivity index is 2.16. The number of rotatable bonds is 2. The van der Waals surface area contributed by atoms with Crippen LogP contribution in [-0.2, 0) is 5.41 Å². The first kappa shape index (κ1) is 13.9. The Labute approximate surface area is 127 Å². The molecule has 0 aliphatic heterocycles. The second-order valence-corrected chi connectivity index (χ2v) is 6.23. The summed E-state index contributed by atoms with van der Waals surface area (Å²) in [6.45, 7) is 6.74. The fraction of sp³-hybridized carbons (Fsp3) is 0.238. The molecule has 0 heterocycles. The van der Waals surface area contributed by atoms with Crippen LogP contribution in [0.3, 0.4) is 0 Å². The van der Waals surface area contributed by atoms with Crippen molar-refractivity contribution in [2.45, 2.75) is 32.6 Å². The van der Waals surface area contributed by atoms with Crippen LogP contribution in [0.2, 0.25) is 0 Å². The second-order valence-electron chi connectivity index (χ2n) is 6.23. The van der Waals surface area contributed by atoms with Crippen molar-refractivity contribution in [2.75, 3.05) is 0 Å². The smallest absolute Gasteiger partial charge is 0.0217 e. The average Bonchev–Trinajstić information content (AvgIpc) is 2.48. The summed E-state index contributed by atoms with van der Waals surface area (Å²) in [5.41, 5.74) is 6.92. The lowest BCUT2D eigenvalue weighted by Gasteiger charge is -2.35. The maximum absolute atomic E-state index is 2.37. The minimum Gasteiger partial charge on any atom is -0.0833 e. The lowest BCUT2D eigenvalue weighted by atomic mass is 9.68. The van der Waals surface area contributed by atoms with Gasteiger partial charge in [0.25, 0.3) is 0 Å². The zero-order chi connectivity index (χ0) is 14.9. The van der Waals surface area contributed by atoms with E-state index in [2.05, 4.69) is 87.5 Å². The molecule has 1 aliphatic rings. The molecule has 1 unspecified atom stereocenters. The van der Waals surface area contributed by atoms with E-state index in [-0.39, 0.29) is 5.41 Å². The molecule has 2 aromatic rings. The minimum absolute atomic E-state index is 0.0495. The van der Waals surface area contributed by atoms with Gasteiger partial charge in [-0.2, -0.15) is 0 Å². The monoisotopic (exact) mass is 274 g/mol. The molecule has 1 atom stereocenters. The van der Waals surface area contributed by atoms with Crippen LogP contribution in [0.1, 0.15) is 35.6 Å². The molecular weight excluding hydrogens is 252 g/mol. The molecule has 1 aliphatic carbocycles. The van der Waals surface area contributed by atoms with Gasteiger partial charge in [-0.1, -0.05) is 79.2 Å². The summed E-state index contributed by atoms with van der Waals surface area (Å²) in [6.07, 6.45) is 7.81. The van der Waals surface area contributed by atoms with Gasteiger partial charge in [-0.05, 0) is 42.5 Å². The van der Waals surface area contributed by atoms with Crippen molar-refractivity contribution in [1.29, 1.82) is 0 Å². The summed E-state index contributed by atoms with van der Waals surface area (Å²) in [7, 11) is 0. The van der Waals surface area contributed by atoms with Gasteiger partial charge >= 0.3 is 0 Å². The molecule has 0 N–H and O–H groups in total. The van der Waals surface area contributed by atoms with Gasteiger partial charge in [0.1, 0.15) is 0 Å². The fourth-order valence-corrected chi connectivity index (χ4v) is 3.44. The van der Waals surface area contributed by atoms with Crippen molar-refractivity contribution in [3.63, 3.8) is 0 Å². The molecule has 106 valence electrons. The first-order valence-corrected chi connectivity index (χ1v) is 7.62. The van der Waals surface area contributed by atoms with E-state index in [1.165, 1.54) is 27.8 Å². The van der Waals surface area contributed by atoms with Crippen molar-refractivity contribution >= 4 is 5.57 Å². The van der Waals surface area contributed by atoms with E-state index in [1.807, 2.05) is 0 Å². The van der Waals surface area contributed by atoms with Crippen LogP contribution in [-0.4, -0.2) is 0 Å². The Morgan fingerprint density at radius 2 is 1.76 bits per heavy atom. The van der Waals surface area contributed by atoms with Crippen molar-refractivity contribution in [3.05, 3.63) is 89.0 Å². The van der Waals surface area contributed by atoms with E-state index in [0.717, 1.165) is 6.42 Å². The molecule has 0 radical (unpaired) electrons. The van der Waals surface area contributed by atoms with E-state index in [9.17, 15) is 0 Å². The standard InChI is InChI=1S/C21H22/c1-16-9-8-11-18(15-16)20-13-6-7-14-21(20,3)19-12-5-4-10-17(19)2/h4-13,15H,14H2,1-3H3. The van der Waals surface area contributed by atoms with Crippen LogP contribution in [0.15, 0.2) is 66.8 Å². The lowest BCUT2D eigenvalue weighted by molar-refractivity contribution is 0.616. The average molecular weight is 274 g/mol. The van der Waals surface area contributed by atoms with Gasteiger partial charge in [0.2, 0.25) is 0 Å². The molecule has 2 aromatic carbocycles. The van der Waals surface area contributed by atoms with Crippen LogP contribution in [0.5, 0.6) is 0 Å². The number of hydrogen-bond donors (Lipinski definition) is 0. The molecule has 0 amide bonds. The van der Waals surface area contributed by atoms with E-state index < -0.39 is 0 Å². The highest BCUT2D eigenvalue weighted by molar-refractivity contribution is 5.78. The predicted octanol–water partition coefficient (Wildman–Crippen LogP) is 5.60. The van der Waals surface area contributed by atoms with Gasteiger partial charge in [-0.25, -0.2) is 0 Å². The number of hydrogen-bond acceptors (Lipinski definition) is 0. The molecule has 3 rings (SSSR count). The fourth-order valence-electron chi connectivity index (χ4n) is 3.44. The van der Waals surface area contributed by atoms with Crippen LogP contribution in [0, 0.1) is 13.8 Å². The number of allylic oxidation sites excluding steroid dienone is 4. The zero-order valence-electron chi connectivity index (χ0n) is 13.1. The van der Waals surface area contributed by atoms with Crippen molar-refractivity contribution in [2.24, 2.45) is 0 Å². The first-order chi connectivity index (χ1) is 10.1. The maximum Gasteiger partial charge on any atom is 0.0217 e. The van der Waals surface area contributed by atoms with Crippen LogP contribution in [0.4, 0.5) is 0 Å². The highest BCUT2D eigenvalue weighted by Gasteiger charge is 2.33. The van der Waals surface area contributed by atoms with Crippen molar-refractivity contribution in [1.82, 2.24) is 0 Å². The molecule has 0 fully saturated rings. The minimum atomic E-state index is 0.0495. The van der Waals surface area contributed by atoms with Gasteiger partial charge in [0.05, 0.1) is 0 Å². The van der Waals surface area contributed by atoms with Crippen LogP contribution >= 0.6 is 0 Å². The highest BCUT2D eigenvalue weighted by Crippen LogP contribution is 2.44. The van der Waals surface area contributed by atoms with Gasteiger partial charge in [0, 0.05) is 5.41 Å². The molecule has 0 saturated heterocycles. The first-order valence-electron chi connectivity index (χ1n) is 7.62.